The molecule has 0 bridgehead atoms. The molecular formula is C74H42N4S2. The highest BCUT2D eigenvalue weighted by molar-refractivity contribution is 7.27. The van der Waals surface area contributed by atoms with Gasteiger partial charge in [-0.1, -0.05) is 212 Å². The Labute approximate surface area is 475 Å². The Balaban J connectivity index is 1.20. The fraction of sp³-hybridized carbons (Fsp3) is 0. The van der Waals surface area contributed by atoms with Crippen LogP contribution in [0, 0.1) is 17.9 Å². The van der Waals surface area contributed by atoms with Crippen LogP contribution in [0.4, 0.5) is 5.69 Å². The van der Waals surface area contributed by atoms with Crippen molar-refractivity contribution in [2.45, 2.75) is 0 Å². The Bertz CT molecular complexity index is 5490. The third-order valence-corrected chi connectivity index (χ3v) is 18.2. The number of thiophene rings is 2. The summed E-state index contributed by atoms with van der Waals surface area (Å²) >= 11 is 3.29. The van der Waals surface area contributed by atoms with Crippen LogP contribution in [-0.2, 0) is 0 Å². The van der Waals surface area contributed by atoms with Crippen molar-refractivity contribution >= 4 is 112 Å². The molecule has 4 nitrogen and oxygen atoms in total. The average Bonchev–Trinajstić information content (AvgIpc) is 1.72. The van der Waals surface area contributed by atoms with Crippen LogP contribution in [-0.4, -0.2) is 9.13 Å². The summed E-state index contributed by atoms with van der Waals surface area (Å²) in [6.45, 7) is 9.62. The van der Waals surface area contributed by atoms with E-state index in [1.54, 1.807) is 22.7 Å². The molecule has 6 heteroatoms. The lowest BCUT2D eigenvalue weighted by atomic mass is 9.86. The van der Waals surface area contributed by atoms with Gasteiger partial charge < -0.3 is 9.13 Å². The highest BCUT2D eigenvalue weighted by Crippen LogP contribution is 2.56. The van der Waals surface area contributed by atoms with E-state index in [0.717, 1.165) is 112 Å². The van der Waals surface area contributed by atoms with E-state index in [2.05, 4.69) is 147 Å². The van der Waals surface area contributed by atoms with Gasteiger partial charge in [-0.05, 0) is 87.0 Å². The molecular weight excluding hydrogens is 1010 g/mol. The molecule has 0 amide bonds. The maximum absolute atomic E-state index is 12.6. The van der Waals surface area contributed by atoms with Gasteiger partial charge in [0, 0.05) is 63.6 Å². The van der Waals surface area contributed by atoms with Crippen molar-refractivity contribution in [1.82, 2.24) is 9.13 Å². The summed E-state index contributed by atoms with van der Waals surface area (Å²) in [7, 11) is 0. The van der Waals surface area contributed by atoms with Gasteiger partial charge >= 0.3 is 0 Å². The highest BCUT2D eigenvalue weighted by atomic mass is 32.1. The number of nitriles is 1. The third-order valence-electron chi connectivity index (χ3n) is 15.8. The van der Waals surface area contributed by atoms with E-state index < -0.39 is 18.1 Å². The molecule has 12 aromatic carbocycles. The van der Waals surface area contributed by atoms with Gasteiger partial charge in [-0.15, -0.1) is 22.7 Å². The minimum atomic E-state index is -0.450. The van der Waals surface area contributed by atoms with Crippen LogP contribution in [0.15, 0.2) is 255 Å². The minimum absolute atomic E-state index is 0.128. The normalized spacial score (nSPS) is 12.6. The summed E-state index contributed by atoms with van der Waals surface area (Å²) < 4.78 is 53.1. The zero-order valence-electron chi connectivity index (χ0n) is 47.5. The fourth-order valence-corrected chi connectivity index (χ4v) is 15.0. The first-order chi connectivity index (χ1) is 41.7. The molecule has 0 saturated heterocycles. The van der Waals surface area contributed by atoms with Crippen LogP contribution in [0.2, 0.25) is 0 Å². The van der Waals surface area contributed by atoms with Crippen LogP contribution >= 0.6 is 22.7 Å². The van der Waals surface area contributed by atoms with Gasteiger partial charge in [0.15, 0.2) is 0 Å². The number of benzene rings is 12. The minimum Gasteiger partial charge on any atom is -0.318 e. The number of fused-ring (bicyclic) bond motifs is 14. The van der Waals surface area contributed by atoms with Crippen LogP contribution in [0.5, 0.6) is 0 Å². The zero-order chi connectivity index (χ0) is 57.4. The molecule has 16 rings (SSSR count). The smallest absolute Gasteiger partial charge is 0.220 e. The molecule has 0 atom stereocenters. The van der Waals surface area contributed by atoms with E-state index in [9.17, 15) is 14.6 Å². The molecule has 16 aromatic rings. The van der Waals surface area contributed by atoms with Gasteiger partial charge in [-0.25, -0.2) is 4.85 Å². The number of nitrogens with zero attached hydrogens (tertiary/aromatic N) is 4. The van der Waals surface area contributed by atoms with Crippen LogP contribution in [0.25, 0.3) is 156 Å². The lowest BCUT2D eigenvalue weighted by Gasteiger charge is -2.26. The molecule has 0 aliphatic heterocycles. The molecule has 0 aliphatic rings. The summed E-state index contributed by atoms with van der Waals surface area (Å²) in [5.41, 5.74) is 12.6. The number of hydrogen-bond donors (Lipinski definition) is 0. The van der Waals surface area contributed by atoms with Gasteiger partial charge in [0.2, 0.25) is 5.69 Å². The third kappa shape index (κ3) is 6.77. The molecule has 0 unspecified atom stereocenters. The van der Waals surface area contributed by atoms with Crippen molar-refractivity contribution in [3.05, 3.63) is 272 Å². The van der Waals surface area contributed by atoms with E-state index >= 15 is 0 Å². The van der Waals surface area contributed by atoms with Crippen molar-refractivity contribution in [3.8, 4) is 73.1 Å². The molecule has 0 fully saturated rings. The lowest BCUT2D eigenvalue weighted by Crippen LogP contribution is -2.09. The molecule has 0 N–H and O–H groups in total. The van der Waals surface area contributed by atoms with Gasteiger partial charge in [-0.3, -0.25) is 0 Å². The first-order valence-corrected chi connectivity index (χ1v) is 28.0. The topological polar surface area (TPSA) is 38.0 Å². The number of para-hydroxylation sites is 2. The SMILES string of the molecule is [2H]c1c([2H])c([2H])c(-c2cccc3sc4c(ccc5c6ccc7c8ccccc8sc7c6n(-c6c(C#N)c(-c7ccccc7)c([N+]#[C-])c(-n7c8ccccc8c8ccccc87)c6-c6cc(-c7ccccc7)cc(-c7ccccc7)c6)c54)c23)c([2H])c1[2H]. The second kappa shape index (κ2) is 18.1. The summed E-state index contributed by atoms with van der Waals surface area (Å²) in [5.74, 6) is 0. The Morgan fingerprint density at radius 3 is 1.55 bits per heavy atom. The summed E-state index contributed by atoms with van der Waals surface area (Å²) in [6.07, 6.45) is 0. The van der Waals surface area contributed by atoms with E-state index in [4.69, 9.17) is 4.11 Å². The van der Waals surface area contributed by atoms with E-state index in [1.165, 1.54) is 0 Å². The molecule has 4 heterocycles. The molecule has 80 heavy (non-hydrogen) atoms. The van der Waals surface area contributed by atoms with E-state index in [0.29, 0.717) is 44.9 Å². The average molecular weight is 1060 g/mol. The summed E-state index contributed by atoms with van der Waals surface area (Å²) in [4.78, 5) is 4.65. The summed E-state index contributed by atoms with van der Waals surface area (Å²) in [5, 5.41) is 20.3. The van der Waals surface area contributed by atoms with Crippen LogP contribution in [0.3, 0.4) is 0 Å². The Morgan fingerprint density at radius 2 is 0.925 bits per heavy atom. The molecule has 4 aromatic heterocycles. The Kier molecular flexibility index (Phi) is 9.26. The number of hydrogen-bond acceptors (Lipinski definition) is 3. The number of aromatic nitrogens is 2. The maximum atomic E-state index is 12.6. The second-order valence-electron chi connectivity index (χ2n) is 20.1. The van der Waals surface area contributed by atoms with Crippen molar-refractivity contribution in [2.24, 2.45) is 0 Å². The molecule has 370 valence electrons. The predicted molar refractivity (Wildman–Crippen MR) is 339 cm³/mol. The largest absolute Gasteiger partial charge is 0.318 e. The van der Waals surface area contributed by atoms with Crippen LogP contribution in [0.1, 0.15) is 12.4 Å². The first kappa shape index (κ1) is 40.9. The monoisotopic (exact) mass is 1060 g/mol. The quantitative estimate of drug-likeness (QED) is 0.147. The molecule has 0 aliphatic carbocycles. The lowest BCUT2D eigenvalue weighted by molar-refractivity contribution is 1.14. The van der Waals surface area contributed by atoms with Crippen molar-refractivity contribution < 1.29 is 6.85 Å². The maximum Gasteiger partial charge on any atom is 0.220 e. The van der Waals surface area contributed by atoms with Gasteiger partial charge in [-0.2, -0.15) is 5.26 Å². The number of rotatable bonds is 7. The molecule has 0 spiro atoms. The molecule has 0 saturated carbocycles. The van der Waals surface area contributed by atoms with Gasteiger partial charge in [0.1, 0.15) is 6.07 Å². The van der Waals surface area contributed by atoms with Crippen molar-refractivity contribution in [2.75, 3.05) is 0 Å². The van der Waals surface area contributed by atoms with E-state index in [-0.39, 0.29) is 17.6 Å². The Morgan fingerprint density at radius 1 is 0.412 bits per heavy atom. The first-order valence-electron chi connectivity index (χ1n) is 28.8. The fourth-order valence-electron chi connectivity index (χ4n) is 12.5. The highest BCUT2D eigenvalue weighted by Gasteiger charge is 2.33. The second-order valence-corrected chi connectivity index (χ2v) is 22.2. The predicted octanol–water partition coefficient (Wildman–Crippen LogP) is 21.4. The van der Waals surface area contributed by atoms with Gasteiger partial charge in [0.25, 0.3) is 0 Å². The van der Waals surface area contributed by atoms with Crippen molar-refractivity contribution in [3.63, 3.8) is 0 Å². The van der Waals surface area contributed by atoms with Crippen molar-refractivity contribution in [1.29, 1.82) is 5.26 Å². The van der Waals surface area contributed by atoms with Crippen LogP contribution < -0.4 is 0 Å². The standard InChI is InChI=1S/C74H42N4S2/c1-76-68-65(48-27-12-5-13-28-48)60(44-75)69(66(72(68)77-61-33-17-14-29-53(61)54-30-15-18-34-62(54)77)51-42-49(45-21-6-2-7-22-45)41-50(43-51)46-23-8-3-9-24-46)78-70-56(37-39-58-55-31-16-19-35-63(55)79-73(58)70)57-38-40-59-67-52(47-25-10-4-11-26-47)32-20-36-64(67)80-74(59)71(57)78/h2-43H/i4D,10D,11D,25D,26D. The van der Waals surface area contributed by atoms with Gasteiger partial charge in [0.05, 0.1) is 61.8 Å². The van der Waals surface area contributed by atoms with E-state index in [1.807, 2.05) is 97.1 Å². The summed E-state index contributed by atoms with van der Waals surface area (Å²) in [6, 6.07) is 78.0. The molecule has 0 radical (unpaired) electrons. The zero-order valence-corrected chi connectivity index (χ0v) is 44.1. The Hall–Kier alpha value is -10.3.